The molecule has 1 aliphatic rings. The van der Waals surface area contributed by atoms with Crippen LogP contribution in [0.3, 0.4) is 0 Å². The second-order valence-corrected chi connectivity index (χ2v) is 7.08. The number of ether oxygens (including phenoxy) is 1. The van der Waals surface area contributed by atoms with Crippen LogP contribution in [0.5, 0.6) is 0 Å². The highest BCUT2D eigenvalue weighted by molar-refractivity contribution is 6.30. The van der Waals surface area contributed by atoms with Crippen LogP contribution in [0, 0.1) is 0 Å². The van der Waals surface area contributed by atoms with Crippen molar-refractivity contribution in [3.05, 3.63) is 64.7 Å². The predicted molar refractivity (Wildman–Crippen MR) is 110 cm³/mol. The number of rotatable bonds is 7. The topological polar surface area (TPSA) is 70.7 Å². The fourth-order valence-corrected chi connectivity index (χ4v) is 3.08. The lowest BCUT2D eigenvalue weighted by Gasteiger charge is -2.26. The van der Waals surface area contributed by atoms with Crippen molar-refractivity contribution in [2.75, 3.05) is 44.7 Å². The van der Waals surface area contributed by atoms with E-state index in [2.05, 4.69) is 15.5 Å². The molecule has 148 valence electrons. The molecular weight excluding hydrogens is 378 g/mol. The number of amides is 2. The van der Waals surface area contributed by atoms with Crippen LogP contribution in [0.15, 0.2) is 48.5 Å². The second kappa shape index (κ2) is 10.2. The average molecular weight is 402 g/mol. The van der Waals surface area contributed by atoms with Gasteiger partial charge in [0.1, 0.15) is 0 Å². The van der Waals surface area contributed by atoms with Crippen molar-refractivity contribution in [1.29, 1.82) is 0 Å². The summed E-state index contributed by atoms with van der Waals surface area (Å²) in [6.45, 7) is 4.71. The van der Waals surface area contributed by atoms with Gasteiger partial charge in [-0.15, -0.1) is 0 Å². The number of carbonyl (C=O) groups is 2. The van der Waals surface area contributed by atoms with E-state index in [-0.39, 0.29) is 18.2 Å². The molecule has 0 bridgehead atoms. The molecule has 28 heavy (non-hydrogen) atoms. The molecule has 3 rings (SSSR count). The van der Waals surface area contributed by atoms with Crippen LogP contribution in [0.1, 0.15) is 15.9 Å². The zero-order valence-electron chi connectivity index (χ0n) is 15.6. The number of morpholine rings is 1. The molecule has 0 aliphatic carbocycles. The van der Waals surface area contributed by atoms with Crippen LogP contribution in [-0.2, 0) is 16.0 Å². The van der Waals surface area contributed by atoms with E-state index in [0.717, 1.165) is 38.4 Å². The molecule has 0 saturated carbocycles. The quantitative estimate of drug-likeness (QED) is 0.748. The first-order valence-corrected chi connectivity index (χ1v) is 9.70. The van der Waals surface area contributed by atoms with Crippen molar-refractivity contribution < 1.29 is 14.3 Å². The normalized spacial score (nSPS) is 14.5. The largest absolute Gasteiger partial charge is 0.379 e. The number of carbonyl (C=O) groups excluding carboxylic acids is 2. The number of nitrogens with one attached hydrogen (secondary N) is 2. The monoisotopic (exact) mass is 401 g/mol. The molecule has 1 saturated heterocycles. The van der Waals surface area contributed by atoms with E-state index in [9.17, 15) is 9.59 Å². The summed E-state index contributed by atoms with van der Waals surface area (Å²) in [6, 6.07) is 14.1. The second-order valence-electron chi connectivity index (χ2n) is 6.64. The summed E-state index contributed by atoms with van der Waals surface area (Å²) < 4.78 is 5.31. The van der Waals surface area contributed by atoms with Gasteiger partial charge in [0.2, 0.25) is 5.91 Å². The van der Waals surface area contributed by atoms with Gasteiger partial charge in [-0.25, -0.2) is 0 Å². The average Bonchev–Trinajstić information content (AvgIpc) is 2.71. The van der Waals surface area contributed by atoms with Gasteiger partial charge in [0, 0.05) is 42.5 Å². The molecule has 2 aromatic rings. The number of nitrogens with zero attached hydrogens (tertiary/aromatic N) is 1. The Labute approximate surface area is 169 Å². The van der Waals surface area contributed by atoms with Crippen molar-refractivity contribution in [2.45, 2.75) is 6.42 Å². The van der Waals surface area contributed by atoms with E-state index in [0.29, 0.717) is 22.8 Å². The standard InChI is InChI=1S/C21H24ClN3O3/c22-18-5-1-16(2-6-18)15-20(26)24-19-7-3-17(4-8-19)21(27)23-9-10-25-11-13-28-14-12-25/h1-8H,9-15H2,(H,23,27)(H,24,26). The molecule has 2 amide bonds. The van der Waals surface area contributed by atoms with Gasteiger partial charge in [0.15, 0.2) is 0 Å². The van der Waals surface area contributed by atoms with Crippen LogP contribution >= 0.6 is 11.6 Å². The highest BCUT2D eigenvalue weighted by Gasteiger charge is 2.11. The highest BCUT2D eigenvalue weighted by Crippen LogP contribution is 2.13. The number of anilines is 1. The lowest BCUT2D eigenvalue weighted by molar-refractivity contribution is -0.115. The Balaban J connectivity index is 1.43. The number of hydrogen-bond acceptors (Lipinski definition) is 4. The third kappa shape index (κ3) is 6.34. The number of hydrogen-bond donors (Lipinski definition) is 2. The predicted octanol–water partition coefficient (Wildman–Crippen LogP) is 2.58. The van der Waals surface area contributed by atoms with Crippen molar-refractivity contribution in [2.24, 2.45) is 0 Å². The Kier molecular flexibility index (Phi) is 7.42. The van der Waals surface area contributed by atoms with Crippen LogP contribution in [0.2, 0.25) is 5.02 Å². The Morgan fingerprint density at radius 1 is 1.00 bits per heavy atom. The van der Waals surface area contributed by atoms with Gasteiger partial charge < -0.3 is 15.4 Å². The van der Waals surface area contributed by atoms with Crippen molar-refractivity contribution in [1.82, 2.24) is 10.2 Å². The van der Waals surface area contributed by atoms with Crippen LogP contribution in [0.4, 0.5) is 5.69 Å². The molecule has 1 fully saturated rings. The van der Waals surface area contributed by atoms with Crippen LogP contribution < -0.4 is 10.6 Å². The van der Waals surface area contributed by atoms with Gasteiger partial charge in [0.25, 0.3) is 5.91 Å². The Bertz CT molecular complexity index is 788. The number of halogens is 1. The SMILES string of the molecule is O=C(Cc1ccc(Cl)cc1)Nc1ccc(C(=O)NCCN2CCOCC2)cc1. The molecular formula is C21H24ClN3O3. The molecule has 2 aromatic carbocycles. The van der Waals surface area contributed by atoms with Crippen molar-refractivity contribution in [3.63, 3.8) is 0 Å². The van der Waals surface area contributed by atoms with Gasteiger partial charge in [0.05, 0.1) is 19.6 Å². The smallest absolute Gasteiger partial charge is 0.251 e. The third-order valence-electron chi connectivity index (χ3n) is 4.53. The minimum atomic E-state index is -0.120. The lowest BCUT2D eigenvalue weighted by Crippen LogP contribution is -2.41. The van der Waals surface area contributed by atoms with E-state index in [1.807, 2.05) is 12.1 Å². The highest BCUT2D eigenvalue weighted by atomic mass is 35.5. The molecule has 0 radical (unpaired) electrons. The zero-order valence-corrected chi connectivity index (χ0v) is 16.4. The summed E-state index contributed by atoms with van der Waals surface area (Å²) in [7, 11) is 0. The van der Waals surface area contributed by atoms with E-state index in [1.54, 1.807) is 36.4 Å². The van der Waals surface area contributed by atoms with Gasteiger partial charge in [-0.1, -0.05) is 23.7 Å². The van der Waals surface area contributed by atoms with Gasteiger partial charge >= 0.3 is 0 Å². The van der Waals surface area contributed by atoms with Crippen molar-refractivity contribution in [3.8, 4) is 0 Å². The summed E-state index contributed by atoms with van der Waals surface area (Å²) in [5.74, 6) is -0.239. The lowest BCUT2D eigenvalue weighted by atomic mass is 10.1. The maximum atomic E-state index is 12.2. The molecule has 2 N–H and O–H groups in total. The van der Waals surface area contributed by atoms with Gasteiger partial charge in [-0.05, 0) is 42.0 Å². The maximum absolute atomic E-state index is 12.2. The molecule has 0 spiro atoms. The van der Waals surface area contributed by atoms with Gasteiger partial charge in [-0.3, -0.25) is 14.5 Å². The first-order valence-electron chi connectivity index (χ1n) is 9.33. The van der Waals surface area contributed by atoms with Crippen molar-refractivity contribution >= 4 is 29.1 Å². The molecule has 1 heterocycles. The summed E-state index contributed by atoms with van der Waals surface area (Å²) in [5.41, 5.74) is 2.11. The summed E-state index contributed by atoms with van der Waals surface area (Å²) in [5, 5.41) is 6.40. The first-order chi connectivity index (χ1) is 13.6. The molecule has 1 aliphatic heterocycles. The minimum absolute atomic E-state index is 0.118. The maximum Gasteiger partial charge on any atom is 0.251 e. The number of benzene rings is 2. The van der Waals surface area contributed by atoms with Crippen LogP contribution in [-0.4, -0.2) is 56.1 Å². The first kappa shape index (κ1) is 20.3. The molecule has 7 heteroatoms. The summed E-state index contributed by atoms with van der Waals surface area (Å²) >= 11 is 5.85. The third-order valence-corrected chi connectivity index (χ3v) is 4.78. The summed E-state index contributed by atoms with van der Waals surface area (Å²) in [4.78, 5) is 26.6. The zero-order chi connectivity index (χ0) is 19.8. The molecule has 0 aromatic heterocycles. The summed E-state index contributed by atoms with van der Waals surface area (Å²) in [6.07, 6.45) is 0.265. The Hall–Kier alpha value is -2.41. The fraction of sp³-hybridized carbons (Fsp3) is 0.333. The van der Waals surface area contributed by atoms with E-state index in [4.69, 9.17) is 16.3 Å². The minimum Gasteiger partial charge on any atom is -0.379 e. The Morgan fingerprint density at radius 2 is 1.68 bits per heavy atom. The van der Waals surface area contributed by atoms with E-state index in [1.165, 1.54) is 0 Å². The Morgan fingerprint density at radius 3 is 2.36 bits per heavy atom. The molecule has 6 nitrogen and oxygen atoms in total. The molecule has 0 atom stereocenters. The van der Waals surface area contributed by atoms with E-state index < -0.39 is 0 Å². The fourth-order valence-electron chi connectivity index (χ4n) is 2.95. The van der Waals surface area contributed by atoms with Gasteiger partial charge in [-0.2, -0.15) is 0 Å². The van der Waals surface area contributed by atoms with E-state index >= 15 is 0 Å². The van der Waals surface area contributed by atoms with Crippen LogP contribution in [0.25, 0.3) is 0 Å². The molecule has 0 unspecified atom stereocenters.